The average Bonchev–Trinajstić information content (AvgIpc) is 1.01. The van der Waals surface area contributed by atoms with Crippen molar-refractivity contribution in [1.82, 2.24) is 0 Å². The lowest BCUT2D eigenvalue weighted by Gasteiger charge is -2.43. The molecule has 8 aromatic carbocycles. The van der Waals surface area contributed by atoms with Crippen molar-refractivity contribution in [3.05, 3.63) is 99.6 Å². The van der Waals surface area contributed by atoms with Crippen LogP contribution in [0.1, 0.15) is 72.5 Å². The summed E-state index contributed by atoms with van der Waals surface area (Å²) < 4.78 is 68.2. The van der Waals surface area contributed by atoms with Crippen LogP contribution in [-0.2, 0) is 42.6 Å². The molecule has 0 spiro atoms. The largest absolute Gasteiger partial charge is 0.504 e. The molecule has 110 heavy (non-hydrogen) atoms. The van der Waals surface area contributed by atoms with Gasteiger partial charge in [-0.2, -0.15) is 0 Å². The van der Waals surface area contributed by atoms with Crippen molar-refractivity contribution in [2.75, 3.05) is 13.2 Å². The van der Waals surface area contributed by atoms with Crippen molar-refractivity contribution in [3.63, 3.8) is 0 Å². The molecule has 14 rings (SSSR count). The molecule has 0 radical (unpaired) electrons. The van der Waals surface area contributed by atoms with Gasteiger partial charge in [-0.15, -0.1) is 0 Å². The number of phenols is 22. The Balaban J connectivity index is 1.07. The van der Waals surface area contributed by atoms with E-state index in [4.69, 9.17) is 56.8 Å². The van der Waals surface area contributed by atoms with Crippen LogP contribution in [0.5, 0.6) is 155 Å². The monoisotopic (exact) mass is 1540 g/mol. The smallest absolute Gasteiger partial charge is 0.342 e. The maximum Gasteiger partial charge on any atom is 0.342 e. The normalized spacial score (nSPS) is 21.5. The van der Waals surface area contributed by atoms with E-state index in [0.717, 1.165) is 0 Å². The average molecular weight is 1540 g/mol. The number of benzene rings is 8. The Morgan fingerprint density at radius 2 is 0.600 bits per heavy atom. The Bertz CT molecular complexity index is 5310. The summed E-state index contributed by atoms with van der Waals surface area (Å²) in [6.07, 6.45) is -27.0. The van der Waals surface area contributed by atoms with Crippen LogP contribution in [0.25, 0.3) is 22.3 Å². The molecule has 6 aliphatic rings. The highest BCUT2D eigenvalue weighted by molar-refractivity contribution is 6.09. The Kier molecular flexibility index (Phi) is 17.8. The highest BCUT2D eigenvalue weighted by Crippen LogP contribution is 2.60. The van der Waals surface area contributed by atoms with Crippen molar-refractivity contribution in [1.29, 1.82) is 0 Å². The first-order chi connectivity index (χ1) is 51.9. The topological polar surface area (TPSA) is 716 Å². The molecule has 0 amide bonds. The summed E-state index contributed by atoms with van der Waals surface area (Å²) in [5.41, 5.74) is -14.0. The number of phenolic OH excluding ortho intramolecular Hbond substituents is 22. The van der Waals surface area contributed by atoms with Gasteiger partial charge in [-0.25, -0.2) is 33.6 Å². The zero-order valence-corrected chi connectivity index (χ0v) is 54.0. The zero-order chi connectivity index (χ0) is 79.7. The maximum atomic E-state index is 15.4. The van der Waals surface area contributed by atoms with E-state index in [1.54, 1.807) is 0 Å². The second-order valence-electron chi connectivity index (χ2n) is 24.1. The van der Waals surface area contributed by atoms with Gasteiger partial charge in [0.2, 0.25) is 46.0 Å². The molecule has 8 aromatic rings. The van der Waals surface area contributed by atoms with Gasteiger partial charge in [0.15, 0.2) is 153 Å². The van der Waals surface area contributed by atoms with Gasteiger partial charge in [-0.3, -0.25) is 0 Å². The molecule has 24 N–H and O–H groups in total. The highest BCUT2D eigenvalue weighted by Gasteiger charge is 2.56. The highest BCUT2D eigenvalue weighted by atomic mass is 16.7. The molecule has 574 valence electrons. The quantitative estimate of drug-likeness (QED) is 0.0683. The van der Waals surface area contributed by atoms with Crippen LogP contribution in [0.2, 0.25) is 0 Å². The SMILES string of the molecule is O=C(O[C@@H]1[C@H]2OC(=O)c3cc(O)c(O)c(O)c3Oc3cc4c(c(O)c3O)-c3c(cc(O)c(O)c3O)C(=O)O[C@H]3[C@H](OC(=O)c5cc(O)c(O)c(O)c5)[C@@H](OC(=O)c5cc(O)c(O)c(O)c5Oc5cc6c(c(O)c5O)-c5c(cc(O)c(O)c5O)OC[C@@H](O[C@H]2O)[C@H]1OC6=O)[C@H](O)O[C@@H]3COC4=O)c1cc(O)c(O)c(O)c1. The van der Waals surface area contributed by atoms with Crippen LogP contribution >= 0.6 is 0 Å². The number of carbonyl (C=O) groups is 7. The number of carbonyl (C=O) groups excluding carboxylic acids is 7. The van der Waals surface area contributed by atoms with Crippen LogP contribution in [0.4, 0.5) is 0 Å². The second-order valence-corrected chi connectivity index (χ2v) is 24.1. The molecule has 0 unspecified atom stereocenters. The molecule has 0 aliphatic carbocycles. The van der Waals surface area contributed by atoms with Gasteiger partial charge in [0, 0.05) is 47.0 Å². The fourth-order valence-electron chi connectivity index (χ4n) is 12.1. The number of aliphatic hydroxyl groups excluding tert-OH is 2. The van der Waals surface area contributed by atoms with Crippen molar-refractivity contribution in [2.24, 2.45) is 0 Å². The summed E-state index contributed by atoms with van der Waals surface area (Å²) >= 11 is 0. The fourth-order valence-corrected chi connectivity index (χ4v) is 12.1. The van der Waals surface area contributed by atoms with Gasteiger partial charge in [-0.1, -0.05) is 0 Å². The van der Waals surface area contributed by atoms with E-state index in [9.17, 15) is 137 Å². The fraction of sp³-hybridized carbons (Fsp3) is 0.179. The van der Waals surface area contributed by atoms with E-state index in [0.29, 0.717) is 30.3 Å². The summed E-state index contributed by atoms with van der Waals surface area (Å²) in [7, 11) is 0. The standard InChI is InChI=1S/C67H48O43/c68-20-1-13(2-21(69)37(20)76)59(90)107-55-53-31-11-99-28-10-27(75)40(79)48(87)36(28)35-17(63(94)106-53)9-30(44(83)47(35)86)102-52-19(7-26(74)42(81)50(52)89)65(96)110-58-56(108-60(91)14-3-22(70)38(77)23(71)4-14)54-32(104-67(58)98)12-100-61(92)16-8-29(43(82)46(85)34(16)33-15(62(93)105-54)5-24(72)39(78)45(33)84)101-51-18(6-25(73)41(80)49(51)88)64(95)109-57(55)66(97)103-31/h1-10,31-32,53-58,66-89,97-98H,11-12H2/t31-,32-,53-,54-,55+,56+,57-,58-,66-,67-/m1/s1. The first kappa shape index (κ1) is 73.2. The van der Waals surface area contributed by atoms with Gasteiger partial charge in [0.25, 0.3) is 0 Å². The molecule has 43 nitrogen and oxygen atoms in total. The van der Waals surface area contributed by atoms with Crippen molar-refractivity contribution < 1.29 is 213 Å². The lowest BCUT2D eigenvalue weighted by atomic mass is 9.91. The number of aliphatic hydroxyl groups is 2. The predicted octanol–water partition coefficient (Wildman–Crippen LogP) is 2.39. The van der Waals surface area contributed by atoms with E-state index in [-0.39, 0.29) is 30.3 Å². The minimum Gasteiger partial charge on any atom is -0.504 e. The molecule has 0 aromatic heterocycles. The minimum absolute atomic E-state index is 0.178. The molecule has 6 aliphatic heterocycles. The number of ether oxygens (including phenoxy) is 12. The molecule has 43 heteroatoms. The molecule has 10 atom stereocenters. The van der Waals surface area contributed by atoms with Gasteiger partial charge in [-0.05, 0) is 30.3 Å². The third-order valence-electron chi connectivity index (χ3n) is 17.5. The van der Waals surface area contributed by atoms with Crippen LogP contribution in [0.3, 0.4) is 0 Å². The molecule has 6 heterocycles. The molecule has 2 saturated heterocycles. The van der Waals surface area contributed by atoms with Crippen LogP contribution < -0.4 is 14.2 Å². The van der Waals surface area contributed by atoms with Gasteiger partial charge in [0.1, 0.15) is 42.3 Å². The van der Waals surface area contributed by atoms with Crippen molar-refractivity contribution in [3.8, 4) is 177 Å². The summed E-state index contributed by atoms with van der Waals surface area (Å²) in [6.45, 7) is -2.75. The van der Waals surface area contributed by atoms with E-state index in [1.807, 2.05) is 0 Å². The summed E-state index contributed by atoms with van der Waals surface area (Å²) in [5.74, 6) is -54.3. The Hall–Kier alpha value is -15.1. The number of aromatic hydroxyl groups is 22. The van der Waals surface area contributed by atoms with Crippen LogP contribution in [-0.4, -0.2) is 239 Å². The van der Waals surface area contributed by atoms with E-state index in [1.165, 1.54) is 0 Å². The summed E-state index contributed by atoms with van der Waals surface area (Å²) in [6, 6.07) is 3.40. The van der Waals surface area contributed by atoms with E-state index in [2.05, 4.69) is 0 Å². The van der Waals surface area contributed by atoms with Gasteiger partial charge in [0.05, 0.1) is 33.4 Å². The summed E-state index contributed by atoms with van der Waals surface area (Å²) in [5, 5.41) is 268. The lowest BCUT2D eigenvalue weighted by Crippen LogP contribution is -2.62. The minimum atomic E-state index is -2.91. The van der Waals surface area contributed by atoms with E-state index >= 15 is 19.2 Å². The molecular weight excluding hydrogens is 1490 g/mol. The molecule has 2 fully saturated rings. The molecule has 9 bridgehead atoms. The van der Waals surface area contributed by atoms with Crippen LogP contribution in [0.15, 0.2) is 60.7 Å². The van der Waals surface area contributed by atoms with Gasteiger partial charge >= 0.3 is 41.8 Å². The maximum absolute atomic E-state index is 15.4. The number of esters is 7. The van der Waals surface area contributed by atoms with Crippen LogP contribution in [0, 0.1) is 0 Å². The first-order valence-corrected chi connectivity index (χ1v) is 30.8. The van der Waals surface area contributed by atoms with Crippen molar-refractivity contribution in [2.45, 2.75) is 61.4 Å². The Labute approximate surface area is 604 Å². The number of rotatable bonds is 4. The third kappa shape index (κ3) is 12.1. The lowest BCUT2D eigenvalue weighted by molar-refractivity contribution is -0.284. The van der Waals surface area contributed by atoms with E-state index < -0.39 is 333 Å². The Morgan fingerprint density at radius 1 is 0.300 bits per heavy atom. The molecular formula is C67H48O43. The second kappa shape index (κ2) is 26.8. The van der Waals surface area contributed by atoms with Gasteiger partial charge < -0.3 is 179 Å². The number of hydrogen-bond acceptors (Lipinski definition) is 43. The predicted molar refractivity (Wildman–Crippen MR) is 339 cm³/mol. The number of hydrogen-bond donors (Lipinski definition) is 24. The number of fused-ring (bicyclic) bond motifs is 7. The Morgan fingerprint density at radius 3 is 1.01 bits per heavy atom. The molecule has 0 saturated carbocycles. The zero-order valence-electron chi connectivity index (χ0n) is 54.0. The third-order valence-corrected chi connectivity index (χ3v) is 17.5. The first-order valence-electron chi connectivity index (χ1n) is 30.8. The summed E-state index contributed by atoms with van der Waals surface area (Å²) in [4.78, 5) is 104. The van der Waals surface area contributed by atoms with Crippen molar-refractivity contribution >= 4 is 41.8 Å².